The highest BCUT2D eigenvalue weighted by atomic mass is 16.5. The van der Waals surface area contributed by atoms with Gasteiger partial charge in [0.2, 0.25) is 0 Å². The van der Waals surface area contributed by atoms with Crippen LogP contribution in [0.4, 0.5) is 0 Å². The SMILES string of the molecule is COc1ccc(OC)c(C(C)NC(=O)c2ccnc3ccccc23)c1. The first kappa shape index (κ1) is 16.8. The second-order valence-electron chi connectivity index (χ2n) is 5.68. The lowest BCUT2D eigenvalue weighted by Gasteiger charge is -2.18. The minimum atomic E-state index is -0.246. The fourth-order valence-electron chi connectivity index (χ4n) is 2.82. The standard InChI is InChI=1S/C20H20N2O3/c1-13(17-12-14(24-2)8-9-19(17)25-3)22-20(23)16-10-11-21-18-7-5-4-6-15(16)18/h4-13H,1-3H3,(H,22,23). The van der Waals surface area contributed by atoms with Gasteiger partial charge in [-0.05, 0) is 37.3 Å². The summed E-state index contributed by atoms with van der Waals surface area (Å²) in [7, 11) is 3.22. The van der Waals surface area contributed by atoms with E-state index in [9.17, 15) is 4.79 Å². The third kappa shape index (κ3) is 3.40. The van der Waals surface area contributed by atoms with Crippen molar-refractivity contribution >= 4 is 16.8 Å². The predicted octanol–water partition coefficient (Wildman–Crippen LogP) is 3.74. The number of fused-ring (bicyclic) bond motifs is 1. The number of pyridine rings is 1. The van der Waals surface area contributed by atoms with Crippen molar-refractivity contribution in [3.8, 4) is 11.5 Å². The number of ether oxygens (including phenoxy) is 2. The first-order valence-corrected chi connectivity index (χ1v) is 8.00. The highest BCUT2D eigenvalue weighted by molar-refractivity contribution is 6.06. The molecular weight excluding hydrogens is 316 g/mol. The van der Waals surface area contributed by atoms with Gasteiger partial charge >= 0.3 is 0 Å². The molecule has 3 rings (SSSR count). The Morgan fingerprint density at radius 3 is 2.64 bits per heavy atom. The molecule has 0 saturated heterocycles. The molecule has 0 saturated carbocycles. The number of amides is 1. The smallest absolute Gasteiger partial charge is 0.252 e. The second kappa shape index (κ2) is 7.21. The van der Waals surface area contributed by atoms with Gasteiger partial charge in [-0.1, -0.05) is 18.2 Å². The van der Waals surface area contributed by atoms with E-state index in [4.69, 9.17) is 9.47 Å². The molecule has 0 fully saturated rings. The van der Waals surface area contributed by atoms with Crippen LogP contribution in [-0.2, 0) is 0 Å². The van der Waals surface area contributed by atoms with E-state index >= 15 is 0 Å². The van der Waals surface area contributed by atoms with Crippen LogP contribution in [0.15, 0.2) is 54.7 Å². The van der Waals surface area contributed by atoms with Gasteiger partial charge in [-0.2, -0.15) is 0 Å². The average Bonchev–Trinajstić information content (AvgIpc) is 2.66. The largest absolute Gasteiger partial charge is 0.497 e. The molecule has 1 atom stereocenters. The second-order valence-corrected chi connectivity index (χ2v) is 5.68. The minimum Gasteiger partial charge on any atom is -0.497 e. The number of carbonyl (C=O) groups is 1. The molecule has 1 N–H and O–H groups in total. The summed E-state index contributed by atoms with van der Waals surface area (Å²) < 4.78 is 10.7. The topological polar surface area (TPSA) is 60.5 Å². The Morgan fingerprint density at radius 2 is 1.88 bits per heavy atom. The molecule has 0 aliphatic carbocycles. The summed E-state index contributed by atoms with van der Waals surface area (Å²) in [5, 5.41) is 3.85. The molecule has 128 valence electrons. The summed E-state index contributed by atoms with van der Waals surface area (Å²) in [5.41, 5.74) is 2.25. The molecule has 0 bridgehead atoms. The molecule has 0 aliphatic heterocycles. The van der Waals surface area contributed by atoms with Crippen molar-refractivity contribution in [2.75, 3.05) is 14.2 Å². The summed E-state index contributed by atoms with van der Waals surface area (Å²) in [6, 6.07) is 14.6. The van der Waals surface area contributed by atoms with Crippen LogP contribution < -0.4 is 14.8 Å². The van der Waals surface area contributed by atoms with Crippen LogP contribution >= 0.6 is 0 Å². The Kier molecular flexibility index (Phi) is 4.84. The minimum absolute atomic E-state index is 0.157. The first-order chi connectivity index (χ1) is 12.1. The quantitative estimate of drug-likeness (QED) is 0.771. The molecule has 25 heavy (non-hydrogen) atoms. The molecule has 1 aromatic heterocycles. The zero-order chi connectivity index (χ0) is 17.8. The van der Waals surface area contributed by atoms with E-state index in [1.54, 1.807) is 26.5 Å². The fourth-order valence-corrected chi connectivity index (χ4v) is 2.82. The molecule has 0 aliphatic rings. The maximum atomic E-state index is 12.8. The van der Waals surface area contributed by atoms with Gasteiger partial charge in [0.1, 0.15) is 11.5 Å². The number of para-hydroxylation sites is 1. The van der Waals surface area contributed by atoms with Crippen molar-refractivity contribution in [3.05, 3.63) is 65.9 Å². The molecule has 1 heterocycles. The zero-order valence-electron chi connectivity index (χ0n) is 14.4. The van der Waals surface area contributed by atoms with Crippen molar-refractivity contribution in [2.45, 2.75) is 13.0 Å². The molecule has 1 unspecified atom stereocenters. The lowest BCUT2D eigenvalue weighted by Crippen LogP contribution is -2.27. The van der Waals surface area contributed by atoms with E-state index in [0.717, 1.165) is 16.5 Å². The number of hydrogen-bond donors (Lipinski definition) is 1. The Hall–Kier alpha value is -3.08. The Labute approximate surface area is 146 Å². The Morgan fingerprint density at radius 1 is 1.08 bits per heavy atom. The van der Waals surface area contributed by atoms with E-state index in [1.165, 1.54) is 0 Å². The lowest BCUT2D eigenvalue weighted by atomic mass is 10.0. The maximum absolute atomic E-state index is 12.8. The summed E-state index contributed by atoms with van der Waals surface area (Å²) in [5.74, 6) is 1.26. The van der Waals surface area contributed by atoms with E-state index in [0.29, 0.717) is 17.1 Å². The summed E-state index contributed by atoms with van der Waals surface area (Å²) in [4.78, 5) is 17.1. The first-order valence-electron chi connectivity index (χ1n) is 8.00. The van der Waals surface area contributed by atoms with E-state index in [1.807, 2.05) is 49.4 Å². The van der Waals surface area contributed by atoms with Gasteiger partial charge in [0, 0.05) is 17.1 Å². The summed E-state index contributed by atoms with van der Waals surface area (Å²) in [6.07, 6.45) is 1.65. The highest BCUT2D eigenvalue weighted by Crippen LogP contribution is 2.29. The van der Waals surface area contributed by atoms with Gasteiger partial charge in [-0.25, -0.2) is 0 Å². The third-order valence-electron chi connectivity index (χ3n) is 4.14. The van der Waals surface area contributed by atoms with Crippen molar-refractivity contribution < 1.29 is 14.3 Å². The van der Waals surface area contributed by atoms with Crippen LogP contribution in [0.2, 0.25) is 0 Å². The van der Waals surface area contributed by atoms with Gasteiger partial charge in [0.05, 0.1) is 31.3 Å². The number of aromatic nitrogens is 1. The predicted molar refractivity (Wildman–Crippen MR) is 97.2 cm³/mol. The van der Waals surface area contributed by atoms with Crippen molar-refractivity contribution in [1.29, 1.82) is 0 Å². The highest BCUT2D eigenvalue weighted by Gasteiger charge is 2.17. The van der Waals surface area contributed by atoms with Gasteiger partial charge in [0.25, 0.3) is 5.91 Å². The van der Waals surface area contributed by atoms with E-state index in [-0.39, 0.29) is 11.9 Å². The van der Waals surface area contributed by atoms with Crippen molar-refractivity contribution in [3.63, 3.8) is 0 Å². The van der Waals surface area contributed by atoms with Crippen molar-refractivity contribution in [2.24, 2.45) is 0 Å². The zero-order valence-corrected chi connectivity index (χ0v) is 14.4. The van der Waals surface area contributed by atoms with Crippen LogP contribution in [0.1, 0.15) is 28.9 Å². The third-order valence-corrected chi connectivity index (χ3v) is 4.14. The Balaban J connectivity index is 1.90. The number of benzene rings is 2. The number of rotatable bonds is 5. The summed E-state index contributed by atoms with van der Waals surface area (Å²) >= 11 is 0. The molecule has 5 nitrogen and oxygen atoms in total. The van der Waals surface area contributed by atoms with Crippen molar-refractivity contribution in [1.82, 2.24) is 10.3 Å². The van der Waals surface area contributed by atoms with Gasteiger partial charge < -0.3 is 14.8 Å². The van der Waals surface area contributed by atoms with Crippen LogP contribution in [-0.4, -0.2) is 25.1 Å². The molecule has 0 radical (unpaired) electrons. The van der Waals surface area contributed by atoms with Gasteiger partial charge in [-0.15, -0.1) is 0 Å². The normalized spacial score (nSPS) is 11.8. The number of hydrogen-bond acceptors (Lipinski definition) is 4. The molecule has 0 spiro atoms. The maximum Gasteiger partial charge on any atom is 0.252 e. The molecule has 5 heteroatoms. The van der Waals surface area contributed by atoms with Crippen LogP contribution in [0.5, 0.6) is 11.5 Å². The van der Waals surface area contributed by atoms with E-state index < -0.39 is 0 Å². The molecule has 1 amide bonds. The van der Waals surface area contributed by atoms with Crippen LogP contribution in [0, 0.1) is 0 Å². The summed E-state index contributed by atoms with van der Waals surface area (Å²) in [6.45, 7) is 1.92. The number of methoxy groups -OCH3 is 2. The lowest BCUT2D eigenvalue weighted by molar-refractivity contribution is 0.0941. The monoisotopic (exact) mass is 336 g/mol. The Bertz CT molecular complexity index is 903. The number of nitrogens with one attached hydrogen (secondary N) is 1. The van der Waals surface area contributed by atoms with Gasteiger partial charge in [-0.3, -0.25) is 9.78 Å². The van der Waals surface area contributed by atoms with Gasteiger partial charge in [0.15, 0.2) is 0 Å². The van der Waals surface area contributed by atoms with E-state index in [2.05, 4.69) is 10.3 Å². The number of nitrogens with zero attached hydrogens (tertiary/aromatic N) is 1. The molecule has 3 aromatic rings. The average molecular weight is 336 g/mol. The fraction of sp³-hybridized carbons (Fsp3) is 0.200. The van der Waals surface area contributed by atoms with Crippen LogP contribution in [0.3, 0.4) is 0 Å². The van der Waals surface area contributed by atoms with Crippen LogP contribution in [0.25, 0.3) is 10.9 Å². The molecule has 2 aromatic carbocycles. The molecular formula is C20H20N2O3. The number of carbonyl (C=O) groups excluding carboxylic acids is 1.